The third-order valence-electron chi connectivity index (χ3n) is 2.44. The third-order valence-corrected chi connectivity index (χ3v) is 2.75. The Balaban J connectivity index is 0.000000774. The first kappa shape index (κ1) is 15.2. The van der Waals surface area contributed by atoms with Crippen LogP contribution in [-0.4, -0.2) is 16.3 Å². The molecule has 2 N–H and O–H groups in total. The SMILES string of the molecule is CC.Nc1cnc(-c2cc3c(cc2Cl)OC(F)(F)O3)cn1. The maximum absolute atomic E-state index is 12.9. The smallest absolute Gasteiger partial charge is 0.395 e. The van der Waals surface area contributed by atoms with Crippen molar-refractivity contribution in [3.63, 3.8) is 0 Å². The minimum absolute atomic E-state index is 0.108. The fourth-order valence-electron chi connectivity index (χ4n) is 1.64. The van der Waals surface area contributed by atoms with E-state index in [1.54, 1.807) is 0 Å². The Kier molecular flexibility index (Phi) is 4.13. The van der Waals surface area contributed by atoms with Crippen LogP contribution in [0.2, 0.25) is 5.02 Å². The van der Waals surface area contributed by atoms with Crippen LogP contribution in [0.25, 0.3) is 11.3 Å². The number of nitrogens with two attached hydrogens (primary N) is 1. The van der Waals surface area contributed by atoms with Gasteiger partial charge in [0.1, 0.15) is 5.82 Å². The van der Waals surface area contributed by atoms with Gasteiger partial charge in [-0.05, 0) is 6.07 Å². The highest BCUT2D eigenvalue weighted by Gasteiger charge is 2.43. The standard InChI is InChI=1S/C11H6ClF2N3O2.C2H6/c12-6-2-9-8(18-11(13,14)19-9)1-5(6)7-3-17-10(15)4-16-7;1-2/h1-4H,(H2,15,17);1-2H3. The summed E-state index contributed by atoms with van der Waals surface area (Å²) in [5, 5.41) is 0.194. The summed E-state index contributed by atoms with van der Waals surface area (Å²) in [5.74, 6) is 0.0114. The average molecular weight is 316 g/mol. The first-order valence-electron chi connectivity index (χ1n) is 6.12. The lowest BCUT2D eigenvalue weighted by Crippen LogP contribution is -2.25. The van der Waals surface area contributed by atoms with Crippen LogP contribution in [0.3, 0.4) is 0 Å². The quantitative estimate of drug-likeness (QED) is 0.868. The average Bonchev–Trinajstić information content (AvgIpc) is 2.74. The molecule has 0 aliphatic carbocycles. The molecule has 2 heterocycles. The Hall–Kier alpha value is -2.15. The van der Waals surface area contributed by atoms with Crippen molar-refractivity contribution in [2.24, 2.45) is 0 Å². The van der Waals surface area contributed by atoms with Crippen molar-refractivity contribution in [1.82, 2.24) is 9.97 Å². The summed E-state index contributed by atoms with van der Waals surface area (Å²) in [6.07, 6.45) is -0.960. The first-order valence-corrected chi connectivity index (χ1v) is 6.50. The van der Waals surface area contributed by atoms with Crippen LogP contribution < -0.4 is 15.2 Å². The molecular weight excluding hydrogens is 304 g/mol. The van der Waals surface area contributed by atoms with Crippen molar-refractivity contribution >= 4 is 17.4 Å². The molecule has 2 aromatic rings. The molecule has 1 aliphatic rings. The van der Waals surface area contributed by atoms with E-state index in [1.807, 2.05) is 13.8 Å². The lowest BCUT2D eigenvalue weighted by Gasteiger charge is -2.05. The van der Waals surface area contributed by atoms with Crippen LogP contribution in [0.5, 0.6) is 11.5 Å². The van der Waals surface area contributed by atoms with E-state index in [1.165, 1.54) is 24.5 Å². The fraction of sp³-hybridized carbons (Fsp3) is 0.231. The van der Waals surface area contributed by atoms with Crippen LogP contribution in [0.1, 0.15) is 13.8 Å². The Morgan fingerprint density at radius 3 is 2.29 bits per heavy atom. The van der Waals surface area contributed by atoms with E-state index in [2.05, 4.69) is 19.4 Å². The molecule has 1 aromatic heterocycles. The zero-order valence-corrected chi connectivity index (χ0v) is 12.0. The van der Waals surface area contributed by atoms with Crippen molar-refractivity contribution in [2.75, 3.05) is 5.73 Å². The predicted octanol–water partition coefficient (Wildman–Crippen LogP) is 3.73. The molecular formula is C13H12ClF2N3O2. The van der Waals surface area contributed by atoms with Gasteiger partial charge in [-0.15, -0.1) is 8.78 Å². The molecule has 0 atom stereocenters. The van der Waals surface area contributed by atoms with Gasteiger partial charge in [0.25, 0.3) is 0 Å². The van der Waals surface area contributed by atoms with Crippen molar-refractivity contribution < 1.29 is 18.3 Å². The molecule has 112 valence electrons. The predicted molar refractivity (Wildman–Crippen MR) is 74.4 cm³/mol. The molecule has 8 heteroatoms. The number of ether oxygens (including phenoxy) is 2. The van der Waals surface area contributed by atoms with Gasteiger partial charge in [-0.1, -0.05) is 25.4 Å². The second-order valence-corrected chi connectivity index (χ2v) is 4.18. The number of nitrogens with zero attached hydrogens (tertiary/aromatic N) is 2. The summed E-state index contributed by atoms with van der Waals surface area (Å²) in [6.45, 7) is 4.00. The number of rotatable bonds is 1. The van der Waals surface area contributed by atoms with Crippen LogP contribution in [0, 0.1) is 0 Å². The summed E-state index contributed by atoms with van der Waals surface area (Å²) in [7, 11) is 0. The molecule has 1 aliphatic heterocycles. The molecule has 0 radical (unpaired) electrons. The number of fused-ring (bicyclic) bond motifs is 1. The summed E-state index contributed by atoms with van der Waals surface area (Å²) in [5.41, 5.74) is 6.21. The van der Waals surface area contributed by atoms with Gasteiger partial charge in [0, 0.05) is 11.6 Å². The summed E-state index contributed by atoms with van der Waals surface area (Å²) in [6, 6.07) is 2.56. The Labute approximate surface area is 124 Å². The number of hydrogen-bond donors (Lipinski definition) is 1. The molecule has 5 nitrogen and oxygen atoms in total. The number of alkyl halides is 2. The summed E-state index contributed by atoms with van der Waals surface area (Å²) in [4.78, 5) is 7.87. The van der Waals surface area contributed by atoms with Crippen molar-refractivity contribution in [2.45, 2.75) is 20.1 Å². The number of anilines is 1. The normalized spacial score (nSPS) is 14.3. The molecule has 0 fully saturated rings. The third kappa shape index (κ3) is 3.13. The molecule has 21 heavy (non-hydrogen) atoms. The van der Waals surface area contributed by atoms with Crippen LogP contribution in [0.4, 0.5) is 14.6 Å². The van der Waals surface area contributed by atoms with E-state index >= 15 is 0 Å². The van der Waals surface area contributed by atoms with Gasteiger partial charge in [0.05, 0.1) is 23.1 Å². The highest BCUT2D eigenvalue weighted by molar-refractivity contribution is 6.33. The van der Waals surface area contributed by atoms with Gasteiger partial charge < -0.3 is 15.2 Å². The Morgan fingerprint density at radius 1 is 1.10 bits per heavy atom. The Morgan fingerprint density at radius 2 is 1.71 bits per heavy atom. The molecule has 3 rings (SSSR count). The van der Waals surface area contributed by atoms with E-state index in [9.17, 15) is 8.78 Å². The molecule has 0 unspecified atom stereocenters. The van der Waals surface area contributed by atoms with E-state index in [4.69, 9.17) is 17.3 Å². The van der Waals surface area contributed by atoms with Crippen molar-refractivity contribution in [1.29, 1.82) is 0 Å². The highest BCUT2D eigenvalue weighted by atomic mass is 35.5. The fourth-order valence-corrected chi connectivity index (χ4v) is 1.90. The highest BCUT2D eigenvalue weighted by Crippen LogP contribution is 2.45. The molecule has 0 saturated heterocycles. The second kappa shape index (κ2) is 5.69. The Bertz CT molecular complexity index is 651. The van der Waals surface area contributed by atoms with Crippen LogP contribution in [0.15, 0.2) is 24.5 Å². The number of benzene rings is 1. The van der Waals surface area contributed by atoms with Gasteiger partial charge in [0.15, 0.2) is 11.5 Å². The molecule has 1 aromatic carbocycles. The van der Waals surface area contributed by atoms with Gasteiger partial charge in [-0.2, -0.15) is 0 Å². The lowest BCUT2D eigenvalue weighted by molar-refractivity contribution is -0.286. The van der Waals surface area contributed by atoms with Crippen molar-refractivity contribution in [3.05, 3.63) is 29.5 Å². The zero-order valence-electron chi connectivity index (χ0n) is 11.2. The first-order chi connectivity index (χ1) is 9.94. The number of nitrogen functional groups attached to an aromatic ring is 1. The number of halogens is 3. The van der Waals surface area contributed by atoms with Crippen molar-refractivity contribution in [3.8, 4) is 22.8 Å². The minimum atomic E-state index is -3.68. The van der Waals surface area contributed by atoms with E-state index in [0.29, 0.717) is 11.3 Å². The van der Waals surface area contributed by atoms with E-state index in [-0.39, 0.29) is 22.3 Å². The second-order valence-electron chi connectivity index (χ2n) is 3.77. The zero-order chi connectivity index (χ0) is 15.6. The largest absolute Gasteiger partial charge is 0.586 e. The summed E-state index contributed by atoms with van der Waals surface area (Å²) >= 11 is 6.00. The number of hydrogen-bond acceptors (Lipinski definition) is 5. The van der Waals surface area contributed by atoms with Gasteiger partial charge in [-0.25, -0.2) is 4.98 Å². The van der Waals surface area contributed by atoms with Crippen LogP contribution >= 0.6 is 11.6 Å². The van der Waals surface area contributed by atoms with Gasteiger partial charge in [-0.3, -0.25) is 4.98 Å². The maximum atomic E-state index is 12.9. The minimum Gasteiger partial charge on any atom is -0.395 e. The number of aromatic nitrogens is 2. The molecule has 0 saturated carbocycles. The lowest BCUT2D eigenvalue weighted by atomic mass is 10.1. The van der Waals surface area contributed by atoms with Gasteiger partial charge in [0.2, 0.25) is 0 Å². The van der Waals surface area contributed by atoms with E-state index < -0.39 is 6.29 Å². The molecule has 0 amide bonds. The molecule has 0 spiro atoms. The van der Waals surface area contributed by atoms with Crippen LogP contribution in [-0.2, 0) is 0 Å². The van der Waals surface area contributed by atoms with Gasteiger partial charge >= 0.3 is 6.29 Å². The maximum Gasteiger partial charge on any atom is 0.586 e. The summed E-state index contributed by atoms with van der Waals surface area (Å²) < 4.78 is 34.5. The molecule has 0 bridgehead atoms. The monoisotopic (exact) mass is 315 g/mol. The topological polar surface area (TPSA) is 70.3 Å². The van der Waals surface area contributed by atoms with E-state index in [0.717, 1.165) is 0 Å².